The Hall–Kier alpha value is -4.38. The zero-order chi connectivity index (χ0) is 34.1. The Labute approximate surface area is 281 Å². The van der Waals surface area contributed by atoms with Crippen LogP contribution in [0.1, 0.15) is 113 Å². The zero-order valence-corrected chi connectivity index (χ0v) is 29.7. The summed E-state index contributed by atoms with van der Waals surface area (Å²) in [5, 5.41) is 6.42. The number of carbonyl (C=O) groups is 2. The molecule has 0 aromatic heterocycles. The molecule has 5 heteroatoms. The largest absolute Gasteiger partial charge is 0.378 e. The topological polar surface area (TPSA) is 61.4 Å². The van der Waals surface area contributed by atoms with Crippen LogP contribution in [0.2, 0.25) is 0 Å². The first-order valence-electron chi connectivity index (χ1n) is 16.9. The fraction of sp³-hybridized carbons (Fsp3) is 0.381. The van der Waals surface area contributed by atoms with Crippen molar-refractivity contribution in [3.8, 4) is 0 Å². The van der Waals surface area contributed by atoms with Crippen molar-refractivity contribution < 1.29 is 9.59 Å². The number of hydrogen-bond acceptors (Lipinski definition) is 3. The minimum absolute atomic E-state index is 0.0389. The second-order valence-corrected chi connectivity index (χ2v) is 14.8. The highest BCUT2D eigenvalue weighted by molar-refractivity contribution is 6.06. The van der Waals surface area contributed by atoms with Gasteiger partial charge < -0.3 is 15.5 Å². The van der Waals surface area contributed by atoms with Gasteiger partial charge in [-0.2, -0.15) is 0 Å². The van der Waals surface area contributed by atoms with Gasteiger partial charge in [0.2, 0.25) is 0 Å². The number of nitrogens with zero attached hydrogens (tertiary/aromatic N) is 1. The SMILES string of the molecule is Cc1cc(C2(c3cc(C)c(NC(=O)c4ccc(C(C)(C)C)cc4)c(C)c3)CCCCC2)cc(C)c1NC(=O)c1ccc(N(C)C)cc1. The summed E-state index contributed by atoms with van der Waals surface area (Å²) in [6.45, 7) is 14.9. The highest BCUT2D eigenvalue weighted by Crippen LogP contribution is 2.47. The molecule has 1 aliphatic rings. The van der Waals surface area contributed by atoms with E-state index in [1.54, 1.807) is 0 Å². The number of benzene rings is 4. The van der Waals surface area contributed by atoms with Crippen LogP contribution in [0.4, 0.5) is 17.1 Å². The van der Waals surface area contributed by atoms with Crippen LogP contribution >= 0.6 is 0 Å². The van der Waals surface area contributed by atoms with Crippen LogP contribution in [0.5, 0.6) is 0 Å². The number of anilines is 3. The summed E-state index contributed by atoms with van der Waals surface area (Å²) >= 11 is 0. The standard InChI is InChI=1S/C42H51N3O2/c1-27-23-34(24-28(2)37(27)43-39(46)31-13-17-33(18-14-31)41(5,6)7)42(21-11-10-12-22-42)35-25-29(3)38(30(4)26-35)44-40(47)32-15-19-36(20-16-32)45(8)9/h13-20,23-26H,10-12,21-22H2,1-9H3,(H,43,46)(H,44,47). The molecule has 4 aromatic rings. The van der Waals surface area contributed by atoms with Crippen LogP contribution in [0, 0.1) is 27.7 Å². The Bertz CT molecular complexity index is 1720. The molecule has 0 radical (unpaired) electrons. The van der Waals surface area contributed by atoms with Gasteiger partial charge in [-0.05, 0) is 121 Å². The monoisotopic (exact) mass is 629 g/mol. The van der Waals surface area contributed by atoms with E-state index in [2.05, 4.69) is 83.4 Å². The molecule has 2 N–H and O–H groups in total. The predicted molar refractivity (Wildman–Crippen MR) is 198 cm³/mol. The quantitative estimate of drug-likeness (QED) is 0.214. The lowest BCUT2D eigenvalue weighted by Gasteiger charge is -2.40. The summed E-state index contributed by atoms with van der Waals surface area (Å²) in [6, 6.07) is 24.8. The van der Waals surface area contributed by atoms with E-state index in [1.807, 2.05) is 67.5 Å². The van der Waals surface area contributed by atoms with Crippen LogP contribution in [-0.4, -0.2) is 25.9 Å². The lowest BCUT2D eigenvalue weighted by Crippen LogP contribution is -2.31. The van der Waals surface area contributed by atoms with Crippen LogP contribution in [0.15, 0.2) is 72.8 Å². The Morgan fingerprint density at radius 1 is 0.617 bits per heavy atom. The number of amides is 2. The summed E-state index contributed by atoms with van der Waals surface area (Å²) < 4.78 is 0. The fourth-order valence-electron chi connectivity index (χ4n) is 7.18. The summed E-state index contributed by atoms with van der Waals surface area (Å²) in [6.07, 6.45) is 5.71. The minimum Gasteiger partial charge on any atom is -0.378 e. The molecule has 0 atom stereocenters. The van der Waals surface area contributed by atoms with Gasteiger partial charge in [0, 0.05) is 47.7 Å². The van der Waals surface area contributed by atoms with Crippen molar-refractivity contribution in [2.45, 2.75) is 91.4 Å². The Morgan fingerprint density at radius 2 is 1.00 bits per heavy atom. The molecule has 5 nitrogen and oxygen atoms in total. The van der Waals surface area contributed by atoms with E-state index in [1.165, 1.54) is 36.0 Å². The molecule has 246 valence electrons. The van der Waals surface area contributed by atoms with Gasteiger partial charge in [0.1, 0.15) is 0 Å². The lowest BCUT2D eigenvalue weighted by atomic mass is 9.64. The third kappa shape index (κ3) is 7.15. The molecule has 2 amide bonds. The third-order valence-corrected chi connectivity index (χ3v) is 10.0. The average molecular weight is 630 g/mol. The first-order valence-corrected chi connectivity index (χ1v) is 16.9. The molecule has 1 fully saturated rings. The predicted octanol–water partition coefficient (Wildman–Crippen LogP) is 10.0. The molecule has 0 aliphatic heterocycles. The van der Waals surface area contributed by atoms with Crippen molar-refractivity contribution in [1.29, 1.82) is 0 Å². The van der Waals surface area contributed by atoms with Crippen molar-refractivity contribution in [2.75, 3.05) is 29.6 Å². The Kier molecular flexibility index (Phi) is 9.68. The van der Waals surface area contributed by atoms with Gasteiger partial charge in [-0.1, -0.05) is 76.4 Å². The molecular formula is C42H51N3O2. The van der Waals surface area contributed by atoms with Crippen molar-refractivity contribution in [3.63, 3.8) is 0 Å². The molecule has 0 saturated heterocycles. The highest BCUT2D eigenvalue weighted by Gasteiger charge is 2.37. The molecule has 4 aromatic carbocycles. The second-order valence-electron chi connectivity index (χ2n) is 14.8. The third-order valence-electron chi connectivity index (χ3n) is 10.0. The van der Waals surface area contributed by atoms with Crippen molar-refractivity contribution in [1.82, 2.24) is 0 Å². The molecule has 1 aliphatic carbocycles. The molecular weight excluding hydrogens is 578 g/mol. The van der Waals surface area contributed by atoms with Gasteiger partial charge in [0.05, 0.1) is 0 Å². The maximum Gasteiger partial charge on any atom is 0.255 e. The normalized spacial score (nSPS) is 14.4. The first kappa shape index (κ1) is 34.0. The van der Waals surface area contributed by atoms with Gasteiger partial charge in [-0.3, -0.25) is 9.59 Å². The summed E-state index contributed by atoms with van der Waals surface area (Å²) in [4.78, 5) is 28.6. The molecule has 0 spiro atoms. The zero-order valence-electron chi connectivity index (χ0n) is 29.7. The Balaban J connectivity index is 1.43. The van der Waals surface area contributed by atoms with Crippen molar-refractivity contribution >= 4 is 28.9 Å². The number of nitrogens with one attached hydrogen (secondary N) is 2. The Morgan fingerprint density at radius 3 is 1.36 bits per heavy atom. The summed E-state index contributed by atoms with van der Waals surface area (Å²) in [5.41, 5.74) is 12.1. The molecule has 0 heterocycles. The number of rotatable bonds is 7. The van der Waals surface area contributed by atoms with Gasteiger partial charge in [-0.15, -0.1) is 0 Å². The van der Waals surface area contributed by atoms with Crippen molar-refractivity contribution in [2.24, 2.45) is 0 Å². The molecule has 1 saturated carbocycles. The summed E-state index contributed by atoms with van der Waals surface area (Å²) in [5.74, 6) is -0.190. The van der Waals surface area contributed by atoms with E-state index in [4.69, 9.17) is 0 Å². The number of hydrogen-bond donors (Lipinski definition) is 2. The van der Waals surface area contributed by atoms with E-state index >= 15 is 0 Å². The lowest BCUT2D eigenvalue weighted by molar-refractivity contribution is 0.101. The van der Waals surface area contributed by atoms with Gasteiger partial charge in [-0.25, -0.2) is 0 Å². The maximum atomic E-state index is 13.3. The number of carbonyl (C=O) groups excluding carboxylic acids is 2. The van der Waals surface area contributed by atoms with E-state index in [9.17, 15) is 9.59 Å². The molecule has 0 bridgehead atoms. The van der Waals surface area contributed by atoms with E-state index in [0.29, 0.717) is 11.1 Å². The smallest absolute Gasteiger partial charge is 0.255 e. The molecule has 0 unspecified atom stereocenters. The molecule has 5 rings (SSSR count). The fourth-order valence-corrected chi connectivity index (χ4v) is 7.18. The van der Waals surface area contributed by atoms with Gasteiger partial charge in [0.15, 0.2) is 0 Å². The first-order chi connectivity index (χ1) is 22.2. The van der Waals surface area contributed by atoms with Crippen molar-refractivity contribution in [3.05, 3.63) is 123 Å². The van der Waals surface area contributed by atoms with Crippen LogP contribution in [-0.2, 0) is 10.8 Å². The van der Waals surface area contributed by atoms with Crippen LogP contribution in [0.25, 0.3) is 0 Å². The highest BCUT2D eigenvalue weighted by atomic mass is 16.2. The van der Waals surface area contributed by atoms with E-state index in [-0.39, 0.29) is 22.6 Å². The molecule has 47 heavy (non-hydrogen) atoms. The van der Waals surface area contributed by atoms with Gasteiger partial charge in [0.25, 0.3) is 11.8 Å². The minimum atomic E-state index is -0.126. The maximum absolute atomic E-state index is 13.3. The summed E-state index contributed by atoms with van der Waals surface area (Å²) in [7, 11) is 3.98. The number of aryl methyl sites for hydroxylation is 4. The van der Waals surface area contributed by atoms with Crippen LogP contribution < -0.4 is 15.5 Å². The van der Waals surface area contributed by atoms with E-state index in [0.717, 1.165) is 52.2 Å². The second kappa shape index (κ2) is 13.4. The van der Waals surface area contributed by atoms with E-state index < -0.39 is 0 Å². The van der Waals surface area contributed by atoms with Crippen LogP contribution in [0.3, 0.4) is 0 Å². The average Bonchev–Trinajstić information content (AvgIpc) is 3.04. The van der Waals surface area contributed by atoms with Gasteiger partial charge >= 0.3 is 0 Å².